The Hall–Kier alpha value is -2.05. The third kappa shape index (κ3) is 5.38. The van der Waals surface area contributed by atoms with Gasteiger partial charge in [-0.3, -0.25) is 9.59 Å². The fourth-order valence-corrected chi connectivity index (χ4v) is 1.84. The van der Waals surface area contributed by atoms with Crippen LogP contribution < -0.4 is 10.2 Å². The summed E-state index contributed by atoms with van der Waals surface area (Å²) in [6.45, 7) is 6.17. The van der Waals surface area contributed by atoms with Crippen LogP contribution in [0.2, 0.25) is 0 Å². The Bertz CT molecular complexity index is 563. The Morgan fingerprint density at radius 2 is 1.77 bits per heavy atom. The number of hydrogen-bond donors (Lipinski definition) is 1. The molecule has 0 saturated carbocycles. The number of halogens is 3. The fraction of sp³-hybridized carbons (Fsp3) is 0.467. The predicted octanol–water partition coefficient (Wildman–Crippen LogP) is 2.97. The van der Waals surface area contributed by atoms with Gasteiger partial charge in [-0.25, -0.2) is 0 Å². The molecule has 0 aliphatic heterocycles. The van der Waals surface area contributed by atoms with Crippen molar-refractivity contribution >= 4 is 17.5 Å². The molecular weight excluding hydrogens is 297 g/mol. The lowest BCUT2D eigenvalue weighted by atomic mass is 10.1. The van der Waals surface area contributed by atoms with E-state index >= 15 is 0 Å². The first-order valence-corrected chi connectivity index (χ1v) is 6.66. The van der Waals surface area contributed by atoms with Gasteiger partial charge in [0.05, 0.1) is 5.56 Å². The molecule has 0 spiro atoms. The lowest BCUT2D eigenvalue weighted by molar-refractivity contribution is -0.137. The minimum absolute atomic E-state index is 0.0337. The third-order valence-corrected chi connectivity index (χ3v) is 2.68. The third-order valence-electron chi connectivity index (χ3n) is 2.68. The molecule has 0 aliphatic carbocycles. The van der Waals surface area contributed by atoms with E-state index < -0.39 is 29.1 Å². The van der Waals surface area contributed by atoms with E-state index in [1.54, 1.807) is 20.8 Å². The van der Waals surface area contributed by atoms with Crippen molar-refractivity contribution in [1.29, 1.82) is 0 Å². The molecule has 0 aromatic heterocycles. The lowest BCUT2D eigenvalue weighted by Crippen LogP contribution is -2.47. The summed E-state index contributed by atoms with van der Waals surface area (Å²) >= 11 is 0. The van der Waals surface area contributed by atoms with E-state index in [-0.39, 0.29) is 12.2 Å². The number of carbonyl (C=O) groups is 2. The minimum Gasteiger partial charge on any atom is -0.350 e. The van der Waals surface area contributed by atoms with Gasteiger partial charge in [-0.1, -0.05) is 6.07 Å². The van der Waals surface area contributed by atoms with Crippen molar-refractivity contribution in [3.63, 3.8) is 0 Å². The Balaban J connectivity index is 3.02. The molecule has 0 bridgehead atoms. The zero-order valence-corrected chi connectivity index (χ0v) is 12.9. The second kappa shape index (κ2) is 6.37. The molecule has 7 heteroatoms. The Morgan fingerprint density at radius 1 is 1.18 bits per heavy atom. The van der Waals surface area contributed by atoms with E-state index in [1.807, 2.05) is 0 Å². The standard InChI is InChI=1S/C15H19F3N2O2/c1-10(21)20(9-13(22)19-14(2,3)4)12-7-5-6-11(8-12)15(16,17)18/h5-8H,9H2,1-4H3,(H,19,22). The number of hydrogen-bond acceptors (Lipinski definition) is 2. The van der Waals surface area contributed by atoms with E-state index in [0.29, 0.717) is 0 Å². The molecule has 2 amide bonds. The van der Waals surface area contributed by atoms with Crippen LogP contribution in [0.15, 0.2) is 24.3 Å². The van der Waals surface area contributed by atoms with Gasteiger partial charge in [0.2, 0.25) is 11.8 Å². The molecule has 122 valence electrons. The van der Waals surface area contributed by atoms with Gasteiger partial charge in [0.15, 0.2) is 0 Å². The highest BCUT2D eigenvalue weighted by Gasteiger charge is 2.31. The number of carbonyl (C=O) groups excluding carboxylic acids is 2. The van der Waals surface area contributed by atoms with Crippen LogP contribution in [0.4, 0.5) is 18.9 Å². The molecule has 0 heterocycles. The maximum atomic E-state index is 12.7. The van der Waals surface area contributed by atoms with Crippen molar-refractivity contribution in [1.82, 2.24) is 5.32 Å². The molecule has 1 aromatic rings. The van der Waals surface area contributed by atoms with Crippen molar-refractivity contribution in [2.45, 2.75) is 39.4 Å². The largest absolute Gasteiger partial charge is 0.416 e. The molecule has 0 fully saturated rings. The van der Waals surface area contributed by atoms with E-state index in [2.05, 4.69) is 5.32 Å². The highest BCUT2D eigenvalue weighted by atomic mass is 19.4. The molecule has 0 radical (unpaired) electrons. The van der Waals surface area contributed by atoms with Gasteiger partial charge in [-0.05, 0) is 39.0 Å². The number of rotatable bonds is 3. The monoisotopic (exact) mass is 316 g/mol. The topological polar surface area (TPSA) is 49.4 Å². The number of benzene rings is 1. The van der Waals surface area contributed by atoms with Gasteiger partial charge in [0.25, 0.3) is 0 Å². The SMILES string of the molecule is CC(=O)N(CC(=O)NC(C)(C)C)c1cccc(C(F)(F)F)c1. The smallest absolute Gasteiger partial charge is 0.350 e. The highest BCUT2D eigenvalue weighted by Crippen LogP contribution is 2.31. The van der Waals surface area contributed by atoms with Crippen molar-refractivity contribution < 1.29 is 22.8 Å². The molecule has 0 aliphatic rings. The average Bonchev–Trinajstić information content (AvgIpc) is 2.32. The first kappa shape index (κ1) is 18.0. The summed E-state index contributed by atoms with van der Waals surface area (Å²) < 4.78 is 38.2. The van der Waals surface area contributed by atoms with Gasteiger partial charge in [0.1, 0.15) is 6.54 Å². The van der Waals surface area contributed by atoms with Crippen LogP contribution in [0.3, 0.4) is 0 Å². The maximum absolute atomic E-state index is 12.7. The second-order valence-corrected chi connectivity index (χ2v) is 5.95. The molecular formula is C15H19F3N2O2. The molecule has 1 N–H and O–H groups in total. The first-order valence-electron chi connectivity index (χ1n) is 6.66. The Morgan fingerprint density at radius 3 is 2.23 bits per heavy atom. The molecule has 1 aromatic carbocycles. The van der Waals surface area contributed by atoms with Gasteiger partial charge in [-0.15, -0.1) is 0 Å². The van der Waals surface area contributed by atoms with Crippen LogP contribution in [0.1, 0.15) is 33.3 Å². The van der Waals surface area contributed by atoms with Crippen LogP contribution in [0.25, 0.3) is 0 Å². The predicted molar refractivity (Wildman–Crippen MR) is 77.4 cm³/mol. The molecule has 0 atom stereocenters. The normalized spacial score (nSPS) is 12.0. The van der Waals surface area contributed by atoms with Crippen LogP contribution in [-0.2, 0) is 15.8 Å². The van der Waals surface area contributed by atoms with Crippen molar-refractivity contribution in [2.75, 3.05) is 11.4 Å². The summed E-state index contributed by atoms with van der Waals surface area (Å²) in [6, 6.07) is 4.33. The second-order valence-electron chi connectivity index (χ2n) is 5.95. The highest BCUT2D eigenvalue weighted by molar-refractivity contribution is 5.97. The summed E-state index contributed by atoms with van der Waals surface area (Å²) in [5.74, 6) is -0.955. The van der Waals surface area contributed by atoms with Crippen molar-refractivity contribution in [3.05, 3.63) is 29.8 Å². The average molecular weight is 316 g/mol. The number of anilines is 1. The summed E-state index contributed by atoms with van der Waals surface area (Å²) in [4.78, 5) is 24.6. The first-order chi connectivity index (χ1) is 9.90. The minimum atomic E-state index is -4.51. The summed E-state index contributed by atoms with van der Waals surface area (Å²) in [6.07, 6.45) is -4.51. The van der Waals surface area contributed by atoms with Crippen LogP contribution in [-0.4, -0.2) is 23.9 Å². The maximum Gasteiger partial charge on any atom is 0.416 e. The molecule has 1 rings (SSSR count). The van der Waals surface area contributed by atoms with Crippen molar-refractivity contribution in [3.8, 4) is 0 Å². The van der Waals surface area contributed by atoms with Crippen LogP contribution >= 0.6 is 0 Å². The van der Waals surface area contributed by atoms with Gasteiger partial charge >= 0.3 is 6.18 Å². The Labute approximate surface area is 127 Å². The lowest BCUT2D eigenvalue weighted by Gasteiger charge is -2.25. The van der Waals surface area contributed by atoms with E-state index in [9.17, 15) is 22.8 Å². The van der Waals surface area contributed by atoms with Gasteiger partial charge in [-0.2, -0.15) is 13.2 Å². The van der Waals surface area contributed by atoms with Gasteiger partial charge in [0, 0.05) is 18.2 Å². The molecule has 22 heavy (non-hydrogen) atoms. The van der Waals surface area contributed by atoms with E-state index in [4.69, 9.17) is 0 Å². The van der Waals surface area contributed by atoms with Crippen molar-refractivity contribution in [2.24, 2.45) is 0 Å². The quantitative estimate of drug-likeness (QED) is 0.932. The van der Waals surface area contributed by atoms with E-state index in [0.717, 1.165) is 17.0 Å². The fourth-order valence-electron chi connectivity index (χ4n) is 1.84. The summed E-state index contributed by atoms with van der Waals surface area (Å²) in [7, 11) is 0. The number of alkyl halides is 3. The molecule has 0 saturated heterocycles. The Kier molecular flexibility index (Phi) is 5.22. The zero-order valence-electron chi connectivity index (χ0n) is 12.9. The number of nitrogens with one attached hydrogen (secondary N) is 1. The van der Waals surface area contributed by atoms with Crippen LogP contribution in [0.5, 0.6) is 0 Å². The van der Waals surface area contributed by atoms with E-state index in [1.165, 1.54) is 19.1 Å². The number of amides is 2. The summed E-state index contributed by atoms with van der Waals surface area (Å²) in [5, 5.41) is 2.66. The number of nitrogens with zero attached hydrogens (tertiary/aromatic N) is 1. The van der Waals surface area contributed by atoms with Gasteiger partial charge < -0.3 is 10.2 Å². The zero-order chi connectivity index (χ0) is 17.1. The molecule has 4 nitrogen and oxygen atoms in total. The summed E-state index contributed by atoms with van der Waals surface area (Å²) in [5.41, 5.74) is -1.33. The molecule has 0 unspecified atom stereocenters. The van der Waals surface area contributed by atoms with Crippen LogP contribution in [0, 0.1) is 0 Å².